The topological polar surface area (TPSA) is 67.4 Å². The molecule has 0 unspecified atom stereocenters. The molecule has 1 aliphatic heterocycles. The molecule has 0 saturated carbocycles. The van der Waals surface area contributed by atoms with Gasteiger partial charge in [0.15, 0.2) is 0 Å². The molecule has 0 radical (unpaired) electrons. The zero-order valence-electron chi connectivity index (χ0n) is 16.8. The summed E-state index contributed by atoms with van der Waals surface area (Å²) in [5.41, 5.74) is 2.04. The Labute approximate surface area is 180 Å². The highest BCUT2D eigenvalue weighted by Crippen LogP contribution is 2.29. The molecule has 1 aliphatic rings. The Morgan fingerprint density at radius 1 is 1.17 bits per heavy atom. The van der Waals surface area contributed by atoms with Crippen molar-refractivity contribution in [2.24, 2.45) is 0 Å². The zero-order chi connectivity index (χ0) is 20.9. The number of amides is 1. The van der Waals surface area contributed by atoms with Crippen LogP contribution in [-0.4, -0.2) is 46.8 Å². The maximum Gasteiger partial charge on any atom is 0.271 e. The first-order chi connectivity index (χ1) is 14.6. The second kappa shape index (κ2) is 9.22. The van der Waals surface area contributed by atoms with Crippen molar-refractivity contribution in [3.05, 3.63) is 65.3 Å². The van der Waals surface area contributed by atoms with Crippen LogP contribution in [0.5, 0.6) is 11.5 Å². The molecule has 1 amide bonds. The van der Waals surface area contributed by atoms with Gasteiger partial charge in [0, 0.05) is 36.5 Å². The van der Waals surface area contributed by atoms with Gasteiger partial charge in [0.05, 0.1) is 12.3 Å². The van der Waals surface area contributed by atoms with Gasteiger partial charge in [0.25, 0.3) is 5.91 Å². The number of carbonyl (C=O) groups is 1. The molecule has 0 spiro atoms. The highest BCUT2D eigenvalue weighted by atomic mass is 35.5. The van der Waals surface area contributed by atoms with E-state index in [1.807, 2.05) is 60.4 Å². The number of piperidine rings is 1. The lowest BCUT2D eigenvalue weighted by Gasteiger charge is -2.31. The number of nitrogens with zero attached hydrogens (tertiary/aromatic N) is 2. The van der Waals surface area contributed by atoms with Crippen LogP contribution < -0.4 is 9.47 Å². The van der Waals surface area contributed by atoms with Gasteiger partial charge in [-0.05, 0) is 49.4 Å². The van der Waals surface area contributed by atoms with Crippen molar-refractivity contribution in [1.29, 1.82) is 0 Å². The Kier molecular flexibility index (Phi) is 6.23. The number of benzene rings is 2. The Bertz CT molecular complexity index is 995. The molecule has 6 nitrogen and oxygen atoms in total. The third kappa shape index (κ3) is 4.60. The van der Waals surface area contributed by atoms with E-state index in [1.54, 1.807) is 6.07 Å². The molecule has 4 rings (SSSR count). The molecule has 1 aromatic heterocycles. The second-order valence-corrected chi connectivity index (χ2v) is 7.60. The monoisotopic (exact) mass is 425 g/mol. The number of halogens is 1. The van der Waals surface area contributed by atoms with Crippen molar-refractivity contribution in [1.82, 2.24) is 15.1 Å². The lowest BCUT2D eigenvalue weighted by molar-refractivity contribution is 0.0590. The summed E-state index contributed by atoms with van der Waals surface area (Å²) >= 11 is 5.92. The van der Waals surface area contributed by atoms with Gasteiger partial charge in [-0.15, -0.1) is 0 Å². The third-order valence-electron chi connectivity index (χ3n) is 5.12. The van der Waals surface area contributed by atoms with Crippen LogP contribution in [0.1, 0.15) is 30.3 Å². The number of aromatic nitrogens is 2. The number of nitrogens with one attached hydrogen (secondary N) is 1. The predicted octanol–water partition coefficient (Wildman–Crippen LogP) is 4.81. The minimum Gasteiger partial charge on any atom is -0.493 e. The van der Waals surface area contributed by atoms with Crippen LogP contribution in [0.4, 0.5) is 0 Å². The Hall–Kier alpha value is -2.99. The molecular weight excluding hydrogens is 402 g/mol. The highest BCUT2D eigenvalue weighted by molar-refractivity contribution is 6.30. The molecule has 1 N–H and O–H groups in total. The van der Waals surface area contributed by atoms with E-state index in [9.17, 15) is 4.79 Å². The van der Waals surface area contributed by atoms with Gasteiger partial charge in [-0.1, -0.05) is 23.7 Å². The maximum absolute atomic E-state index is 12.9. The number of carbonyl (C=O) groups excluding carboxylic acids is 1. The lowest BCUT2D eigenvalue weighted by atomic mass is 10.1. The molecule has 30 heavy (non-hydrogen) atoms. The van der Waals surface area contributed by atoms with Crippen LogP contribution >= 0.6 is 11.6 Å². The number of likely N-dealkylation sites (tertiary alicyclic amines) is 1. The number of rotatable bonds is 6. The van der Waals surface area contributed by atoms with E-state index >= 15 is 0 Å². The molecule has 1 saturated heterocycles. The van der Waals surface area contributed by atoms with Crippen molar-refractivity contribution < 1.29 is 14.3 Å². The van der Waals surface area contributed by atoms with E-state index in [0.717, 1.165) is 29.9 Å². The Balaban J connectivity index is 1.37. The third-order valence-corrected chi connectivity index (χ3v) is 5.37. The Morgan fingerprint density at radius 3 is 2.63 bits per heavy atom. The predicted molar refractivity (Wildman–Crippen MR) is 116 cm³/mol. The summed E-state index contributed by atoms with van der Waals surface area (Å²) in [6, 6.07) is 16.8. The van der Waals surface area contributed by atoms with E-state index in [0.29, 0.717) is 36.1 Å². The summed E-state index contributed by atoms with van der Waals surface area (Å²) in [5.74, 6) is 1.51. The van der Waals surface area contributed by atoms with Crippen LogP contribution in [-0.2, 0) is 0 Å². The van der Waals surface area contributed by atoms with Gasteiger partial charge in [-0.2, -0.15) is 5.10 Å². The van der Waals surface area contributed by atoms with E-state index in [1.165, 1.54) is 0 Å². The highest BCUT2D eigenvalue weighted by Gasteiger charge is 2.26. The average molecular weight is 426 g/mol. The van der Waals surface area contributed by atoms with Gasteiger partial charge in [-0.3, -0.25) is 9.89 Å². The first-order valence-corrected chi connectivity index (χ1v) is 10.5. The number of H-pyrrole nitrogens is 1. The van der Waals surface area contributed by atoms with Crippen LogP contribution in [0.15, 0.2) is 54.6 Å². The quantitative estimate of drug-likeness (QED) is 0.615. The van der Waals surface area contributed by atoms with E-state index in [2.05, 4.69) is 10.2 Å². The fourth-order valence-electron chi connectivity index (χ4n) is 3.58. The van der Waals surface area contributed by atoms with Crippen molar-refractivity contribution in [3.63, 3.8) is 0 Å². The van der Waals surface area contributed by atoms with Gasteiger partial charge in [0.1, 0.15) is 23.3 Å². The molecule has 2 heterocycles. The van der Waals surface area contributed by atoms with Crippen molar-refractivity contribution in [2.75, 3.05) is 19.7 Å². The standard InChI is InChI=1S/C23H24ClN3O3/c1-2-29-22-6-4-3-5-19(22)20-15-21(26-25-20)23(28)27-13-11-18(12-14-27)30-17-9-7-16(24)8-10-17/h3-10,15,18H,2,11-14H2,1H3,(H,25,26). The van der Waals surface area contributed by atoms with Crippen molar-refractivity contribution in [3.8, 4) is 22.8 Å². The SMILES string of the molecule is CCOc1ccccc1-c1cc(C(=O)N2CCC(Oc3ccc(Cl)cc3)CC2)[nH]n1. The first-order valence-electron chi connectivity index (χ1n) is 10.1. The fraction of sp³-hybridized carbons (Fsp3) is 0.304. The molecule has 2 aromatic carbocycles. The number of para-hydroxylation sites is 1. The van der Waals surface area contributed by atoms with Crippen LogP contribution in [0.25, 0.3) is 11.3 Å². The number of aromatic amines is 1. The van der Waals surface area contributed by atoms with Gasteiger partial charge in [-0.25, -0.2) is 0 Å². The molecule has 3 aromatic rings. The van der Waals surface area contributed by atoms with Gasteiger partial charge in [0.2, 0.25) is 0 Å². The summed E-state index contributed by atoms with van der Waals surface area (Å²) in [7, 11) is 0. The summed E-state index contributed by atoms with van der Waals surface area (Å²) in [5, 5.41) is 7.91. The average Bonchev–Trinajstić information content (AvgIpc) is 3.26. The van der Waals surface area contributed by atoms with E-state index < -0.39 is 0 Å². The van der Waals surface area contributed by atoms with Crippen molar-refractivity contribution in [2.45, 2.75) is 25.9 Å². The number of hydrogen-bond acceptors (Lipinski definition) is 4. The molecule has 156 valence electrons. The summed E-state index contributed by atoms with van der Waals surface area (Å²) in [6.45, 7) is 3.79. The van der Waals surface area contributed by atoms with Crippen molar-refractivity contribution >= 4 is 17.5 Å². The minimum atomic E-state index is -0.0485. The lowest BCUT2D eigenvalue weighted by Crippen LogP contribution is -2.41. The summed E-state index contributed by atoms with van der Waals surface area (Å²) in [4.78, 5) is 14.8. The fourth-order valence-corrected chi connectivity index (χ4v) is 3.71. The minimum absolute atomic E-state index is 0.0485. The van der Waals surface area contributed by atoms with E-state index in [4.69, 9.17) is 21.1 Å². The maximum atomic E-state index is 12.9. The largest absolute Gasteiger partial charge is 0.493 e. The van der Waals surface area contributed by atoms with Gasteiger partial charge >= 0.3 is 0 Å². The van der Waals surface area contributed by atoms with E-state index in [-0.39, 0.29) is 12.0 Å². The second-order valence-electron chi connectivity index (χ2n) is 7.16. The zero-order valence-corrected chi connectivity index (χ0v) is 17.6. The summed E-state index contributed by atoms with van der Waals surface area (Å²) < 4.78 is 11.7. The normalized spacial score (nSPS) is 14.5. The number of hydrogen-bond donors (Lipinski definition) is 1. The molecule has 1 fully saturated rings. The van der Waals surface area contributed by atoms with Crippen LogP contribution in [0.2, 0.25) is 5.02 Å². The molecule has 0 atom stereocenters. The molecule has 0 bridgehead atoms. The smallest absolute Gasteiger partial charge is 0.271 e. The number of ether oxygens (including phenoxy) is 2. The molecular formula is C23H24ClN3O3. The van der Waals surface area contributed by atoms with Crippen LogP contribution in [0, 0.1) is 0 Å². The Morgan fingerprint density at radius 2 is 1.90 bits per heavy atom. The molecule has 7 heteroatoms. The van der Waals surface area contributed by atoms with Crippen LogP contribution in [0.3, 0.4) is 0 Å². The molecule has 0 aliphatic carbocycles. The summed E-state index contributed by atoms with van der Waals surface area (Å²) in [6.07, 6.45) is 1.65. The first kappa shape index (κ1) is 20.3. The van der Waals surface area contributed by atoms with Gasteiger partial charge < -0.3 is 14.4 Å².